The quantitative estimate of drug-likeness (QED) is 0.795. The largest absolute Gasteiger partial charge is 0.471 e. The van der Waals surface area contributed by atoms with Gasteiger partial charge in [0.2, 0.25) is 11.8 Å². The first-order chi connectivity index (χ1) is 11.0. The molecule has 6 nitrogen and oxygen atoms in total. The molecular weight excluding hydrogens is 311 g/mol. The molecular formula is C14H10F3N5O. The van der Waals surface area contributed by atoms with Crippen molar-refractivity contribution in [1.82, 2.24) is 20.1 Å². The summed E-state index contributed by atoms with van der Waals surface area (Å²) in [5.41, 5.74) is 1.28. The van der Waals surface area contributed by atoms with Gasteiger partial charge < -0.3 is 9.84 Å². The number of halogens is 3. The molecule has 0 aliphatic carbocycles. The Bertz CT molecular complexity index is 771. The van der Waals surface area contributed by atoms with Gasteiger partial charge in [0.25, 0.3) is 0 Å². The third kappa shape index (κ3) is 3.62. The molecule has 0 unspecified atom stereocenters. The van der Waals surface area contributed by atoms with E-state index in [1.807, 2.05) is 30.3 Å². The molecule has 0 spiro atoms. The number of hydrogen-bond acceptors (Lipinski definition) is 6. The lowest BCUT2D eigenvalue weighted by molar-refractivity contribution is -0.159. The topological polar surface area (TPSA) is 76.7 Å². The summed E-state index contributed by atoms with van der Waals surface area (Å²) in [6.07, 6.45) is -2.03. The van der Waals surface area contributed by atoms with Gasteiger partial charge in [0, 0.05) is 18.9 Å². The number of nitrogens with one attached hydrogen (secondary N) is 1. The summed E-state index contributed by atoms with van der Waals surface area (Å²) in [6.45, 7) is 0.528. The van der Waals surface area contributed by atoms with E-state index in [0.29, 0.717) is 12.5 Å². The molecule has 0 amide bonds. The minimum Gasteiger partial charge on any atom is -0.350 e. The number of nitrogens with zero attached hydrogens (tertiary/aromatic N) is 4. The Morgan fingerprint density at radius 2 is 1.74 bits per heavy atom. The third-order valence-electron chi connectivity index (χ3n) is 2.87. The number of anilines is 1. The van der Waals surface area contributed by atoms with E-state index in [-0.39, 0.29) is 11.4 Å². The monoisotopic (exact) mass is 321 g/mol. The fourth-order valence-corrected chi connectivity index (χ4v) is 1.77. The van der Waals surface area contributed by atoms with Crippen LogP contribution in [-0.4, -0.2) is 20.1 Å². The van der Waals surface area contributed by atoms with Crippen LogP contribution in [0.25, 0.3) is 11.4 Å². The Morgan fingerprint density at radius 1 is 1.04 bits per heavy atom. The van der Waals surface area contributed by atoms with Crippen LogP contribution in [0.4, 0.5) is 19.1 Å². The third-order valence-corrected chi connectivity index (χ3v) is 2.87. The zero-order valence-corrected chi connectivity index (χ0v) is 11.6. The van der Waals surface area contributed by atoms with Crippen molar-refractivity contribution in [2.75, 3.05) is 5.32 Å². The predicted molar refractivity (Wildman–Crippen MR) is 74.1 cm³/mol. The maximum atomic E-state index is 12.4. The first-order valence-corrected chi connectivity index (χ1v) is 6.53. The normalized spacial score (nSPS) is 11.4. The van der Waals surface area contributed by atoms with Gasteiger partial charge in [-0.15, -0.1) is 0 Å². The molecule has 0 atom stereocenters. The fourth-order valence-electron chi connectivity index (χ4n) is 1.77. The van der Waals surface area contributed by atoms with Crippen molar-refractivity contribution in [2.24, 2.45) is 0 Å². The maximum Gasteiger partial charge on any atom is 0.471 e. The summed E-state index contributed by atoms with van der Waals surface area (Å²) in [5, 5.41) is 6.27. The average Bonchev–Trinajstić information content (AvgIpc) is 3.05. The highest BCUT2D eigenvalue weighted by molar-refractivity contribution is 5.52. The van der Waals surface area contributed by atoms with Crippen LogP contribution in [0.2, 0.25) is 0 Å². The summed E-state index contributed by atoms with van der Waals surface area (Å²) in [5.74, 6) is -1.28. The van der Waals surface area contributed by atoms with E-state index >= 15 is 0 Å². The molecule has 0 saturated heterocycles. The zero-order chi connectivity index (χ0) is 16.3. The molecule has 0 radical (unpaired) electrons. The molecule has 0 bridgehead atoms. The van der Waals surface area contributed by atoms with Crippen LogP contribution in [0.1, 0.15) is 11.5 Å². The molecule has 3 aromatic rings. The van der Waals surface area contributed by atoms with Gasteiger partial charge in [-0.05, 0) is 5.56 Å². The van der Waals surface area contributed by atoms with Crippen LogP contribution in [0.5, 0.6) is 0 Å². The van der Waals surface area contributed by atoms with Gasteiger partial charge in [-0.1, -0.05) is 35.5 Å². The van der Waals surface area contributed by atoms with Crippen molar-refractivity contribution in [3.63, 3.8) is 0 Å². The average molecular weight is 321 g/mol. The number of benzene rings is 1. The molecule has 2 aromatic heterocycles. The molecule has 3 rings (SSSR count). The standard InChI is InChI=1S/C14H10F3N5O/c15-14(16,17)12-21-11(22-23-12)10-7-19-13(20-8-10)18-6-9-4-2-1-3-5-9/h1-5,7-8H,6H2,(H,18,19,20). The second kappa shape index (κ2) is 6.03. The molecule has 118 valence electrons. The Kier molecular flexibility index (Phi) is 3.92. The number of hydrogen-bond donors (Lipinski definition) is 1. The molecule has 23 heavy (non-hydrogen) atoms. The first-order valence-electron chi connectivity index (χ1n) is 6.53. The van der Waals surface area contributed by atoms with Crippen molar-refractivity contribution in [3.8, 4) is 11.4 Å². The van der Waals surface area contributed by atoms with E-state index in [4.69, 9.17) is 0 Å². The molecule has 0 aliphatic heterocycles. The Balaban J connectivity index is 1.68. The van der Waals surface area contributed by atoms with Gasteiger partial charge >= 0.3 is 12.1 Å². The Hall–Kier alpha value is -2.97. The summed E-state index contributed by atoms with van der Waals surface area (Å²) in [6, 6.07) is 9.62. The van der Waals surface area contributed by atoms with Gasteiger partial charge in [0.1, 0.15) is 0 Å². The van der Waals surface area contributed by atoms with E-state index in [1.165, 1.54) is 12.4 Å². The van der Waals surface area contributed by atoms with Gasteiger partial charge in [0.15, 0.2) is 0 Å². The highest BCUT2D eigenvalue weighted by Crippen LogP contribution is 2.29. The fraction of sp³-hybridized carbons (Fsp3) is 0.143. The van der Waals surface area contributed by atoms with E-state index < -0.39 is 12.1 Å². The summed E-state index contributed by atoms with van der Waals surface area (Å²) in [4.78, 5) is 11.3. The first kappa shape index (κ1) is 14.9. The molecule has 2 heterocycles. The highest BCUT2D eigenvalue weighted by Gasteiger charge is 2.38. The minimum absolute atomic E-state index is 0.216. The zero-order valence-electron chi connectivity index (χ0n) is 11.6. The molecule has 0 aliphatic rings. The summed E-state index contributed by atoms with van der Waals surface area (Å²) < 4.78 is 41.4. The molecule has 0 saturated carbocycles. The lowest BCUT2D eigenvalue weighted by Crippen LogP contribution is -2.05. The number of aromatic nitrogens is 4. The lowest BCUT2D eigenvalue weighted by atomic mass is 10.2. The van der Waals surface area contributed by atoms with E-state index in [1.54, 1.807) is 0 Å². The Morgan fingerprint density at radius 3 is 2.35 bits per heavy atom. The second-order valence-electron chi connectivity index (χ2n) is 4.56. The molecule has 9 heteroatoms. The van der Waals surface area contributed by atoms with Gasteiger partial charge in [-0.3, -0.25) is 0 Å². The van der Waals surface area contributed by atoms with Crippen LogP contribution in [0.3, 0.4) is 0 Å². The van der Waals surface area contributed by atoms with Crippen molar-refractivity contribution in [3.05, 3.63) is 54.2 Å². The van der Waals surface area contributed by atoms with Crippen molar-refractivity contribution >= 4 is 5.95 Å². The van der Waals surface area contributed by atoms with E-state index in [2.05, 4.69) is 29.9 Å². The molecule has 1 aromatic carbocycles. The second-order valence-corrected chi connectivity index (χ2v) is 4.56. The number of alkyl halides is 3. The van der Waals surface area contributed by atoms with Crippen LogP contribution >= 0.6 is 0 Å². The van der Waals surface area contributed by atoms with Gasteiger partial charge in [-0.25, -0.2) is 9.97 Å². The van der Waals surface area contributed by atoms with Crippen LogP contribution in [-0.2, 0) is 12.7 Å². The minimum atomic E-state index is -4.68. The maximum absolute atomic E-state index is 12.4. The smallest absolute Gasteiger partial charge is 0.350 e. The lowest BCUT2D eigenvalue weighted by Gasteiger charge is -2.04. The Labute approximate surface area is 128 Å². The van der Waals surface area contributed by atoms with Crippen molar-refractivity contribution < 1.29 is 17.7 Å². The highest BCUT2D eigenvalue weighted by atomic mass is 19.4. The van der Waals surface area contributed by atoms with Crippen LogP contribution < -0.4 is 5.32 Å². The van der Waals surface area contributed by atoms with Crippen molar-refractivity contribution in [2.45, 2.75) is 12.7 Å². The van der Waals surface area contributed by atoms with Crippen molar-refractivity contribution in [1.29, 1.82) is 0 Å². The SMILES string of the molecule is FC(F)(F)c1nc(-c2cnc(NCc3ccccc3)nc2)no1. The molecule has 1 N–H and O–H groups in total. The summed E-state index contributed by atoms with van der Waals surface area (Å²) >= 11 is 0. The van der Waals surface area contributed by atoms with E-state index in [0.717, 1.165) is 5.56 Å². The van der Waals surface area contributed by atoms with Crippen LogP contribution in [0, 0.1) is 0 Å². The van der Waals surface area contributed by atoms with Crippen LogP contribution in [0.15, 0.2) is 47.2 Å². The van der Waals surface area contributed by atoms with Gasteiger partial charge in [-0.2, -0.15) is 18.2 Å². The van der Waals surface area contributed by atoms with Gasteiger partial charge in [0.05, 0.1) is 5.56 Å². The predicted octanol–water partition coefficient (Wildman–Crippen LogP) is 3.16. The van der Waals surface area contributed by atoms with E-state index in [9.17, 15) is 13.2 Å². The summed E-state index contributed by atoms with van der Waals surface area (Å²) in [7, 11) is 0. The number of rotatable bonds is 4. The molecule has 0 fully saturated rings.